The van der Waals surface area contributed by atoms with E-state index < -0.39 is 0 Å². The van der Waals surface area contributed by atoms with Crippen LogP contribution in [0, 0.1) is 12.3 Å². The fraction of sp³-hybridized carbons (Fsp3) is 0.786. The third kappa shape index (κ3) is 2.30. The van der Waals surface area contributed by atoms with Crippen molar-refractivity contribution in [1.29, 1.82) is 0 Å². The summed E-state index contributed by atoms with van der Waals surface area (Å²) in [4.78, 5) is 0. The number of aliphatic hydroxyl groups excluding tert-OH is 1. The molecule has 2 rings (SSSR count). The van der Waals surface area contributed by atoms with Crippen molar-refractivity contribution in [3.05, 3.63) is 16.4 Å². The molecule has 1 saturated carbocycles. The highest BCUT2D eigenvalue weighted by Gasteiger charge is 2.39. The van der Waals surface area contributed by atoms with Crippen LogP contribution in [0.1, 0.15) is 50.4 Å². The fourth-order valence-corrected chi connectivity index (χ4v) is 3.54. The Morgan fingerprint density at radius 1 is 1.44 bits per heavy atom. The van der Waals surface area contributed by atoms with E-state index in [2.05, 4.69) is 12.0 Å². The topological polar surface area (TPSA) is 38.1 Å². The molecule has 0 bridgehead atoms. The van der Waals surface area contributed by atoms with Crippen LogP contribution in [0.15, 0.2) is 0 Å². The number of nitrogens with zero attached hydrogens (tertiary/aromatic N) is 2. The summed E-state index contributed by atoms with van der Waals surface area (Å²) < 4.78 is 1.80. The largest absolute Gasteiger partial charge is 0.392 e. The molecule has 1 unspecified atom stereocenters. The molecule has 102 valence electrons. The van der Waals surface area contributed by atoms with Gasteiger partial charge in [-0.3, -0.25) is 4.68 Å². The van der Waals surface area contributed by atoms with Gasteiger partial charge in [-0.25, -0.2) is 0 Å². The van der Waals surface area contributed by atoms with Gasteiger partial charge in [-0.1, -0.05) is 31.4 Å². The first-order valence-electron chi connectivity index (χ1n) is 6.86. The fourth-order valence-electron chi connectivity index (χ4n) is 3.30. The van der Waals surface area contributed by atoms with Gasteiger partial charge in [-0.2, -0.15) is 5.10 Å². The molecule has 1 atom stereocenters. The molecule has 0 aliphatic heterocycles. The zero-order valence-corrected chi connectivity index (χ0v) is 12.3. The zero-order chi connectivity index (χ0) is 13.3. The molecule has 0 saturated heterocycles. The first kappa shape index (κ1) is 13.9. The molecular formula is C14H23ClN2O. The Hall–Kier alpha value is -0.540. The smallest absolute Gasteiger partial charge is 0.0847 e. The molecular weight excluding hydrogens is 248 g/mol. The summed E-state index contributed by atoms with van der Waals surface area (Å²) >= 11 is 6.26. The summed E-state index contributed by atoms with van der Waals surface area (Å²) in [6.07, 6.45) is 6.11. The second-order valence-corrected chi connectivity index (χ2v) is 5.99. The lowest BCUT2D eigenvalue weighted by Crippen LogP contribution is -2.34. The molecule has 1 fully saturated rings. The maximum Gasteiger partial charge on any atom is 0.0847 e. The highest BCUT2D eigenvalue weighted by Crippen LogP contribution is 2.45. The Bertz CT molecular complexity index is 422. The Morgan fingerprint density at radius 2 is 2.06 bits per heavy atom. The molecule has 4 heteroatoms. The Balaban J connectivity index is 2.18. The highest BCUT2D eigenvalue weighted by molar-refractivity contribution is 6.31. The second-order valence-electron chi connectivity index (χ2n) is 5.61. The molecule has 1 heterocycles. The van der Waals surface area contributed by atoms with Crippen molar-refractivity contribution in [3.8, 4) is 0 Å². The SMILES string of the molecule is CCC1(C(O)Cc2c(Cl)c(C)nn2C)CCCC1. The number of hydrogen-bond donors (Lipinski definition) is 1. The van der Waals surface area contributed by atoms with E-state index in [4.69, 9.17) is 11.6 Å². The molecule has 1 aliphatic rings. The average molecular weight is 271 g/mol. The highest BCUT2D eigenvalue weighted by atomic mass is 35.5. The van der Waals surface area contributed by atoms with E-state index in [-0.39, 0.29) is 11.5 Å². The molecule has 1 aromatic rings. The van der Waals surface area contributed by atoms with E-state index in [1.54, 1.807) is 4.68 Å². The Morgan fingerprint density at radius 3 is 2.50 bits per heavy atom. The lowest BCUT2D eigenvalue weighted by Gasteiger charge is -2.33. The standard InChI is InChI=1S/C14H23ClN2O/c1-4-14(7-5-6-8-14)12(18)9-11-13(15)10(2)16-17(11)3/h12,18H,4-9H2,1-3H3. The van der Waals surface area contributed by atoms with Gasteiger partial charge in [0.1, 0.15) is 0 Å². The van der Waals surface area contributed by atoms with Crippen LogP contribution in [0.3, 0.4) is 0 Å². The van der Waals surface area contributed by atoms with Crippen LogP contribution in [0.25, 0.3) is 0 Å². The van der Waals surface area contributed by atoms with Gasteiger partial charge in [0.05, 0.1) is 22.5 Å². The number of aromatic nitrogens is 2. The molecule has 1 aliphatic carbocycles. The van der Waals surface area contributed by atoms with Crippen LogP contribution < -0.4 is 0 Å². The maximum absolute atomic E-state index is 10.6. The number of hydrogen-bond acceptors (Lipinski definition) is 2. The number of rotatable bonds is 4. The minimum absolute atomic E-state index is 0.0987. The van der Waals surface area contributed by atoms with Crippen LogP contribution in [0.5, 0.6) is 0 Å². The predicted octanol–water partition coefficient (Wildman–Crippen LogP) is 3.26. The molecule has 0 amide bonds. The van der Waals surface area contributed by atoms with Crippen molar-refractivity contribution in [2.24, 2.45) is 12.5 Å². The summed E-state index contributed by atoms with van der Waals surface area (Å²) in [5, 5.41) is 15.6. The second kappa shape index (κ2) is 5.22. The average Bonchev–Trinajstić information content (AvgIpc) is 2.91. The first-order valence-corrected chi connectivity index (χ1v) is 7.24. The van der Waals surface area contributed by atoms with Crippen molar-refractivity contribution in [1.82, 2.24) is 9.78 Å². The molecule has 1 aromatic heterocycles. The third-order valence-electron chi connectivity index (χ3n) is 4.66. The van der Waals surface area contributed by atoms with Crippen LogP contribution >= 0.6 is 11.6 Å². The van der Waals surface area contributed by atoms with Gasteiger partial charge < -0.3 is 5.11 Å². The molecule has 0 radical (unpaired) electrons. The van der Waals surface area contributed by atoms with E-state index >= 15 is 0 Å². The quantitative estimate of drug-likeness (QED) is 0.912. The van der Waals surface area contributed by atoms with E-state index in [0.717, 1.165) is 30.7 Å². The molecule has 0 aromatic carbocycles. The first-order chi connectivity index (χ1) is 8.50. The van der Waals surface area contributed by atoms with Gasteiger partial charge in [0.2, 0.25) is 0 Å². The Kier molecular flexibility index (Phi) is 4.02. The van der Waals surface area contributed by atoms with Crippen molar-refractivity contribution >= 4 is 11.6 Å². The summed E-state index contributed by atoms with van der Waals surface area (Å²) in [6.45, 7) is 4.09. The van der Waals surface area contributed by atoms with Gasteiger partial charge in [-0.05, 0) is 31.6 Å². The van der Waals surface area contributed by atoms with Gasteiger partial charge in [0, 0.05) is 13.5 Å². The summed E-state index contributed by atoms with van der Waals surface area (Å²) in [7, 11) is 1.90. The molecule has 18 heavy (non-hydrogen) atoms. The van der Waals surface area contributed by atoms with Gasteiger partial charge in [0.15, 0.2) is 0 Å². The monoisotopic (exact) mass is 270 g/mol. The van der Waals surface area contributed by atoms with Crippen LogP contribution in [0.4, 0.5) is 0 Å². The van der Waals surface area contributed by atoms with Gasteiger partial charge in [-0.15, -0.1) is 0 Å². The maximum atomic E-state index is 10.6. The van der Waals surface area contributed by atoms with E-state index in [1.807, 2.05) is 14.0 Å². The van der Waals surface area contributed by atoms with Crippen molar-refractivity contribution in [2.75, 3.05) is 0 Å². The van der Waals surface area contributed by atoms with Gasteiger partial charge >= 0.3 is 0 Å². The number of aliphatic hydroxyl groups is 1. The van der Waals surface area contributed by atoms with E-state index in [0.29, 0.717) is 11.4 Å². The minimum Gasteiger partial charge on any atom is -0.392 e. The van der Waals surface area contributed by atoms with Crippen molar-refractivity contribution < 1.29 is 5.11 Å². The summed E-state index contributed by atoms with van der Waals surface area (Å²) in [6, 6.07) is 0. The van der Waals surface area contributed by atoms with Crippen molar-refractivity contribution in [3.63, 3.8) is 0 Å². The van der Waals surface area contributed by atoms with Gasteiger partial charge in [0.25, 0.3) is 0 Å². The number of aryl methyl sites for hydroxylation is 2. The predicted molar refractivity (Wildman–Crippen MR) is 73.9 cm³/mol. The van der Waals surface area contributed by atoms with Crippen LogP contribution in [0.2, 0.25) is 5.02 Å². The van der Waals surface area contributed by atoms with E-state index in [9.17, 15) is 5.11 Å². The zero-order valence-electron chi connectivity index (χ0n) is 11.5. The van der Waals surface area contributed by atoms with E-state index in [1.165, 1.54) is 12.8 Å². The molecule has 1 N–H and O–H groups in total. The lowest BCUT2D eigenvalue weighted by molar-refractivity contribution is 0.0244. The lowest BCUT2D eigenvalue weighted by atomic mass is 9.76. The van der Waals surface area contributed by atoms with Crippen LogP contribution in [-0.4, -0.2) is 21.0 Å². The summed E-state index contributed by atoms with van der Waals surface area (Å²) in [5.41, 5.74) is 1.90. The Labute approximate surface area is 114 Å². The summed E-state index contributed by atoms with van der Waals surface area (Å²) in [5.74, 6) is 0. The van der Waals surface area contributed by atoms with Crippen molar-refractivity contribution in [2.45, 2.75) is 58.5 Å². The number of halogens is 1. The third-order valence-corrected chi connectivity index (χ3v) is 5.15. The minimum atomic E-state index is -0.308. The molecule has 0 spiro atoms. The normalized spacial score (nSPS) is 20.3. The van der Waals surface area contributed by atoms with Crippen LogP contribution in [-0.2, 0) is 13.5 Å². The molecule has 3 nitrogen and oxygen atoms in total.